The second-order valence-corrected chi connectivity index (χ2v) is 9.05. The van der Waals surface area contributed by atoms with Gasteiger partial charge in [-0.1, -0.05) is 12.1 Å². The average Bonchev–Trinajstić information content (AvgIpc) is 3.17. The average molecular weight is 442 g/mol. The zero-order chi connectivity index (χ0) is 21.6. The molecule has 2 aromatic heterocycles. The lowest BCUT2D eigenvalue weighted by Gasteiger charge is -2.23. The molecule has 0 amide bonds. The van der Waals surface area contributed by atoms with Gasteiger partial charge in [0.25, 0.3) is 5.56 Å². The number of hydrogen-bond acceptors (Lipinski definition) is 6. The lowest BCUT2D eigenvalue weighted by Crippen LogP contribution is -2.35. The number of aryl methyl sites for hydroxylation is 3. The predicted octanol–water partition coefficient (Wildman–Crippen LogP) is 3.58. The Morgan fingerprint density at radius 1 is 1.29 bits per heavy atom. The van der Waals surface area contributed by atoms with Crippen molar-refractivity contribution in [1.82, 2.24) is 14.9 Å². The minimum atomic E-state index is 0.0964. The molecule has 166 valence electrons. The number of nitrogens with zero attached hydrogens (tertiary/aromatic N) is 2. The topological polar surface area (TPSA) is 65.4 Å². The molecule has 1 aliphatic carbocycles. The molecule has 0 unspecified atom stereocenters. The molecule has 1 N–H and O–H groups in total. The van der Waals surface area contributed by atoms with Crippen LogP contribution in [0.25, 0.3) is 10.2 Å². The Kier molecular flexibility index (Phi) is 7.37. The van der Waals surface area contributed by atoms with Gasteiger partial charge >= 0.3 is 0 Å². The van der Waals surface area contributed by atoms with Gasteiger partial charge in [-0.2, -0.15) is 0 Å². The van der Waals surface area contributed by atoms with Gasteiger partial charge in [-0.3, -0.25) is 9.36 Å². The van der Waals surface area contributed by atoms with Gasteiger partial charge in [-0.15, -0.1) is 11.3 Å². The number of fused-ring (bicyclic) bond motifs is 3. The first-order valence-electron chi connectivity index (χ1n) is 11.1. The van der Waals surface area contributed by atoms with Crippen molar-refractivity contribution < 1.29 is 9.47 Å². The molecule has 0 aliphatic heterocycles. The number of benzene rings is 1. The fraction of sp³-hybridized carbons (Fsp3) is 0.500. The standard InChI is InChI=1S/C24H31N3O3S/c1-3-30-14-4-12-25-18-7-10-20-21(15-18)31-23-22(20)24(28)27(16-26-23)13-11-17-5-8-19(29-2)9-6-17/h5-6,8-9,16,18,25H,3-4,7,10-15H2,1-2H3/t18-/m1/s1. The van der Waals surface area contributed by atoms with Crippen LogP contribution in [-0.4, -0.2) is 42.5 Å². The second-order valence-electron chi connectivity index (χ2n) is 7.97. The number of nitrogens with one attached hydrogen (secondary N) is 1. The molecule has 0 fully saturated rings. The quantitative estimate of drug-likeness (QED) is 0.487. The van der Waals surface area contributed by atoms with E-state index in [0.717, 1.165) is 67.8 Å². The van der Waals surface area contributed by atoms with Crippen molar-refractivity contribution >= 4 is 21.6 Å². The molecule has 0 saturated heterocycles. The van der Waals surface area contributed by atoms with E-state index < -0.39 is 0 Å². The molecule has 1 aromatic carbocycles. The van der Waals surface area contributed by atoms with Crippen molar-refractivity contribution in [3.8, 4) is 5.75 Å². The number of thiophene rings is 1. The van der Waals surface area contributed by atoms with E-state index in [2.05, 4.69) is 10.3 Å². The summed E-state index contributed by atoms with van der Waals surface area (Å²) in [5.41, 5.74) is 2.50. The van der Waals surface area contributed by atoms with Crippen LogP contribution in [0.15, 0.2) is 35.4 Å². The summed E-state index contributed by atoms with van der Waals surface area (Å²) in [6.07, 6.45) is 6.52. The van der Waals surface area contributed by atoms with E-state index in [0.29, 0.717) is 12.6 Å². The van der Waals surface area contributed by atoms with E-state index in [1.807, 2.05) is 31.2 Å². The van der Waals surface area contributed by atoms with Crippen molar-refractivity contribution in [2.45, 2.75) is 51.6 Å². The highest BCUT2D eigenvalue weighted by atomic mass is 32.1. The van der Waals surface area contributed by atoms with E-state index in [-0.39, 0.29) is 5.56 Å². The summed E-state index contributed by atoms with van der Waals surface area (Å²) in [5, 5.41) is 4.49. The number of methoxy groups -OCH3 is 1. The van der Waals surface area contributed by atoms with E-state index in [1.54, 1.807) is 29.3 Å². The molecular weight excluding hydrogens is 410 g/mol. The molecule has 0 bridgehead atoms. The van der Waals surface area contributed by atoms with Gasteiger partial charge in [0.1, 0.15) is 10.6 Å². The maximum absolute atomic E-state index is 13.2. The van der Waals surface area contributed by atoms with Gasteiger partial charge in [-0.05, 0) is 68.8 Å². The molecular formula is C24H31N3O3S. The van der Waals surface area contributed by atoms with Gasteiger partial charge in [0.2, 0.25) is 0 Å². The maximum Gasteiger partial charge on any atom is 0.262 e. The largest absolute Gasteiger partial charge is 0.497 e. The highest BCUT2D eigenvalue weighted by molar-refractivity contribution is 7.18. The number of hydrogen-bond donors (Lipinski definition) is 1. The predicted molar refractivity (Wildman–Crippen MR) is 126 cm³/mol. The van der Waals surface area contributed by atoms with Crippen molar-refractivity contribution in [3.63, 3.8) is 0 Å². The van der Waals surface area contributed by atoms with Crippen LogP contribution in [0.3, 0.4) is 0 Å². The molecule has 0 saturated carbocycles. The van der Waals surface area contributed by atoms with E-state index >= 15 is 0 Å². The minimum Gasteiger partial charge on any atom is -0.497 e. The van der Waals surface area contributed by atoms with Crippen LogP contribution in [0.4, 0.5) is 0 Å². The highest BCUT2D eigenvalue weighted by Crippen LogP contribution is 2.33. The number of aromatic nitrogens is 2. The third-order valence-electron chi connectivity index (χ3n) is 5.94. The fourth-order valence-corrected chi connectivity index (χ4v) is 5.46. The van der Waals surface area contributed by atoms with Crippen LogP contribution < -0.4 is 15.6 Å². The SMILES string of the molecule is CCOCCCN[C@@H]1CCc2c(sc3ncn(CCc4ccc(OC)cc4)c(=O)c23)C1. The summed E-state index contributed by atoms with van der Waals surface area (Å²) in [4.78, 5) is 20.1. The Morgan fingerprint density at radius 3 is 2.90 bits per heavy atom. The summed E-state index contributed by atoms with van der Waals surface area (Å²) >= 11 is 1.69. The van der Waals surface area contributed by atoms with Crippen molar-refractivity contribution in [3.05, 3.63) is 57.0 Å². The molecule has 6 nitrogen and oxygen atoms in total. The summed E-state index contributed by atoms with van der Waals surface area (Å²) < 4.78 is 12.4. The molecule has 4 rings (SSSR count). The maximum atomic E-state index is 13.2. The third-order valence-corrected chi connectivity index (χ3v) is 7.10. The zero-order valence-corrected chi connectivity index (χ0v) is 19.2. The van der Waals surface area contributed by atoms with Crippen LogP contribution in [-0.2, 0) is 30.5 Å². The third kappa shape index (κ3) is 5.17. The van der Waals surface area contributed by atoms with Crippen molar-refractivity contribution in [1.29, 1.82) is 0 Å². The lowest BCUT2D eigenvalue weighted by atomic mass is 9.93. The Hall–Kier alpha value is -2.22. The van der Waals surface area contributed by atoms with Crippen molar-refractivity contribution in [2.75, 3.05) is 26.9 Å². The van der Waals surface area contributed by atoms with Gasteiger partial charge < -0.3 is 14.8 Å². The van der Waals surface area contributed by atoms with Gasteiger partial charge in [0.15, 0.2) is 0 Å². The van der Waals surface area contributed by atoms with Gasteiger partial charge in [-0.25, -0.2) is 4.98 Å². The first kappa shape index (κ1) is 22.0. The second kappa shape index (κ2) is 10.4. The van der Waals surface area contributed by atoms with Gasteiger partial charge in [0, 0.05) is 30.7 Å². The monoisotopic (exact) mass is 441 g/mol. The summed E-state index contributed by atoms with van der Waals surface area (Å²) in [7, 11) is 1.66. The van der Waals surface area contributed by atoms with Crippen LogP contribution in [0.2, 0.25) is 0 Å². The minimum absolute atomic E-state index is 0.0964. The summed E-state index contributed by atoms with van der Waals surface area (Å²) in [6.45, 7) is 5.21. The molecule has 0 radical (unpaired) electrons. The van der Waals surface area contributed by atoms with Crippen molar-refractivity contribution in [2.24, 2.45) is 0 Å². The number of ether oxygens (including phenoxy) is 2. The molecule has 1 atom stereocenters. The Morgan fingerprint density at radius 2 is 2.13 bits per heavy atom. The van der Waals surface area contributed by atoms with Crippen LogP contribution in [0.5, 0.6) is 5.75 Å². The zero-order valence-electron chi connectivity index (χ0n) is 18.4. The molecule has 3 aromatic rings. The smallest absolute Gasteiger partial charge is 0.262 e. The Balaban J connectivity index is 1.43. The molecule has 7 heteroatoms. The number of rotatable bonds is 10. The first-order chi connectivity index (χ1) is 15.2. The highest BCUT2D eigenvalue weighted by Gasteiger charge is 2.24. The van der Waals surface area contributed by atoms with Gasteiger partial charge in [0.05, 0.1) is 18.8 Å². The normalized spacial score (nSPS) is 15.9. The van der Waals surface area contributed by atoms with E-state index in [1.165, 1.54) is 16.0 Å². The lowest BCUT2D eigenvalue weighted by molar-refractivity contribution is 0.144. The summed E-state index contributed by atoms with van der Waals surface area (Å²) in [6, 6.07) is 8.47. The Bertz CT molecular complexity index is 1060. The molecule has 2 heterocycles. The van der Waals surface area contributed by atoms with Crippen LogP contribution >= 0.6 is 11.3 Å². The molecule has 31 heavy (non-hydrogen) atoms. The van der Waals surface area contributed by atoms with E-state index in [4.69, 9.17) is 9.47 Å². The summed E-state index contributed by atoms with van der Waals surface area (Å²) in [5.74, 6) is 0.844. The van der Waals surface area contributed by atoms with Crippen LogP contribution in [0.1, 0.15) is 35.8 Å². The van der Waals surface area contributed by atoms with E-state index in [9.17, 15) is 4.79 Å². The molecule has 1 aliphatic rings. The Labute approximate surface area is 187 Å². The molecule has 0 spiro atoms. The van der Waals surface area contributed by atoms with Crippen LogP contribution in [0, 0.1) is 0 Å². The first-order valence-corrected chi connectivity index (χ1v) is 11.9. The fourth-order valence-electron chi connectivity index (χ4n) is 4.20.